The van der Waals surface area contributed by atoms with Crippen molar-refractivity contribution in [1.29, 1.82) is 0 Å². The van der Waals surface area contributed by atoms with Crippen molar-refractivity contribution in [3.8, 4) is 0 Å². The molecular formula is C10H12N4O2S2. The van der Waals surface area contributed by atoms with Gasteiger partial charge >= 0.3 is 0 Å². The number of thioether (sulfide) groups is 1. The highest BCUT2D eigenvalue weighted by Gasteiger charge is 2.21. The van der Waals surface area contributed by atoms with Crippen molar-refractivity contribution in [3.05, 3.63) is 16.6 Å². The third kappa shape index (κ3) is 2.75. The van der Waals surface area contributed by atoms with E-state index in [0.717, 1.165) is 6.20 Å². The number of carbonyl (C=O) groups excluding carboxylic acids is 1. The molecule has 0 N–H and O–H groups in total. The third-order valence-electron chi connectivity index (χ3n) is 2.22. The first kappa shape index (κ1) is 13.2. The van der Waals surface area contributed by atoms with Crippen molar-refractivity contribution in [2.45, 2.75) is 25.1 Å². The molecule has 0 saturated heterocycles. The Kier molecular flexibility index (Phi) is 3.49. The maximum Gasteiger partial charge on any atom is 0.293 e. The van der Waals surface area contributed by atoms with Gasteiger partial charge in [-0.2, -0.15) is 9.61 Å². The predicted octanol–water partition coefficient (Wildman–Crippen LogP) is 1.25. The molecule has 0 aliphatic heterocycles. The van der Waals surface area contributed by atoms with Crippen molar-refractivity contribution in [2.75, 3.05) is 5.75 Å². The maximum atomic E-state index is 11.8. The Hall–Kier alpha value is -1.28. The van der Waals surface area contributed by atoms with Gasteiger partial charge in [-0.1, -0.05) is 43.9 Å². The Labute approximate surface area is 111 Å². The van der Waals surface area contributed by atoms with Gasteiger partial charge in [0.2, 0.25) is 4.96 Å². The molecule has 2 aromatic rings. The number of aromatic nitrogens is 4. The molecule has 96 valence electrons. The largest absolute Gasteiger partial charge is 0.298 e. The average Bonchev–Trinajstić information content (AvgIpc) is 2.69. The average molecular weight is 284 g/mol. The van der Waals surface area contributed by atoms with Crippen LogP contribution in [0.25, 0.3) is 4.96 Å². The van der Waals surface area contributed by atoms with Crippen LogP contribution in [0.5, 0.6) is 0 Å². The summed E-state index contributed by atoms with van der Waals surface area (Å²) in [5.74, 6) is 0.482. The van der Waals surface area contributed by atoms with Crippen LogP contribution in [-0.2, 0) is 4.79 Å². The zero-order valence-electron chi connectivity index (χ0n) is 10.2. The fraction of sp³-hybridized carbons (Fsp3) is 0.500. The third-order valence-corrected chi connectivity index (χ3v) is 4.26. The molecule has 0 amide bonds. The van der Waals surface area contributed by atoms with E-state index in [-0.39, 0.29) is 16.8 Å². The number of Topliss-reactive ketones (excluding diaryl/α,β-unsaturated/α-hetero) is 1. The van der Waals surface area contributed by atoms with Crippen LogP contribution < -0.4 is 5.56 Å². The van der Waals surface area contributed by atoms with Crippen molar-refractivity contribution in [1.82, 2.24) is 19.8 Å². The number of hydrogen-bond acceptors (Lipinski definition) is 7. The molecule has 0 bridgehead atoms. The SMILES string of the molecule is CC(C)(C)C(=O)CSc1nn2c(=O)cnnc2s1. The second kappa shape index (κ2) is 4.77. The Bertz CT molecular complexity index is 641. The van der Waals surface area contributed by atoms with E-state index >= 15 is 0 Å². The Morgan fingerprint density at radius 3 is 2.83 bits per heavy atom. The summed E-state index contributed by atoms with van der Waals surface area (Å²) in [7, 11) is 0. The molecule has 0 fully saturated rings. The summed E-state index contributed by atoms with van der Waals surface area (Å²) >= 11 is 2.57. The van der Waals surface area contributed by atoms with Crippen LogP contribution in [0.1, 0.15) is 20.8 Å². The Balaban J connectivity index is 2.16. The predicted molar refractivity (Wildman–Crippen MR) is 70.1 cm³/mol. The number of hydrogen-bond donors (Lipinski definition) is 0. The fourth-order valence-electron chi connectivity index (χ4n) is 1.06. The van der Waals surface area contributed by atoms with Gasteiger partial charge in [0.05, 0.1) is 5.75 Å². The van der Waals surface area contributed by atoms with Gasteiger partial charge in [0.25, 0.3) is 5.56 Å². The molecule has 8 heteroatoms. The summed E-state index contributed by atoms with van der Waals surface area (Å²) in [6.07, 6.45) is 1.11. The Morgan fingerprint density at radius 2 is 2.22 bits per heavy atom. The molecule has 2 aromatic heterocycles. The van der Waals surface area contributed by atoms with Crippen LogP contribution in [-0.4, -0.2) is 31.3 Å². The van der Waals surface area contributed by atoms with Crippen LogP contribution >= 0.6 is 23.1 Å². The van der Waals surface area contributed by atoms with E-state index in [9.17, 15) is 9.59 Å². The lowest BCUT2D eigenvalue weighted by Crippen LogP contribution is -2.22. The number of ketones is 1. The molecule has 0 atom stereocenters. The summed E-state index contributed by atoms with van der Waals surface area (Å²) < 4.78 is 1.84. The Morgan fingerprint density at radius 1 is 1.50 bits per heavy atom. The van der Waals surface area contributed by atoms with Crippen LogP contribution in [0.3, 0.4) is 0 Å². The highest BCUT2D eigenvalue weighted by Crippen LogP contribution is 2.25. The van der Waals surface area contributed by atoms with E-state index in [1.807, 2.05) is 20.8 Å². The van der Waals surface area contributed by atoms with Crippen molar-refractivity contribution >= 4 is 33.8 Å². The molecular weight excluding hydrogens is 272 g/mol. The topological polar surface area (TPSA) is 77.2 Å². The molecule has 2 rings (SSSR count). The number of fused-ring (bicyclic) bond motifs is 1. The van der Waals surface area contributed by atoms with Gasteiger partial charge in [-0.15, -0.1) is 10.2 Å². The van der Waals surface area contributed by atoms with E-state index in [0.29, 0.717) is 15.1 Å². The summed E-state index contributed by atoms with van der Waals surface area (Å²) in [5.41, 5.74) is -0.675. The first-order chi connectivity index (χ1) is 8.38. The number of rotatable bonds is 3. The second-order valence-electron chi connectivity index (χ2n) is 4.71. The van der Waals surface area contributed by atoms with Crippen molar-refractivity contribution in [2.24, 2.45) is 5.41 Å². The summed E-state index contributed by atoms with van der Waals surface area (Å²) in [4.78, 5) is 23.6. The molecule has 6 nitrogen and oxygen atoms in total. The monoisotopic (exact) mass is 284 g/mol. The molecule has 18 heavy (non-hydrogen) atoms. The lowest BCUT2D eigenvalue weighted by Gasteiger charge is -2.15. The van der Waals surface area contributed by atoms with E-state index in [1.54, 1.807) is 0 Å². The van der Waals surface area contributed by atoms with E-state index in [1.165, 1.54) is 27.6 Å². The molecule has 0 aromatic carbocycles. The molecule has 0 unspecified atom stereocenters. The van der Waals surface area contributed by atoms with Crippen LogP contribution in [0.2, 0.25) is 0 Å². The summed E-state index contributed by atoms with van der Waals surface area (Å²) in [5, 5.41) is 11.5. The lowest BCUT2D eigenvalue weighted by atomic mass is 9.92. The smallest absolute Gasteiger partial charge is 0.293 e. The summed E-state index contributed by atoms with van der Waals surface area (Å²) in [6.45, 7) is 5.64. The minimum Gasteiger partial charge on any atom is -0.298 e. The maximum absolute atomic E-state index is 11.8. The molecule has 0 aliphatic carbocycles. The van der Waals surface area contributed by atoms with E-state index in [2.05, 4.69) is 15.3 Å². The van der Waals surface area contributed by atoms with E-state index < -0.39 is 0 Å². The molecule has 0 spiro atoms. The van der Waals surface area contributed by atoms with Gasteiger partial charge in [-0.3, -0.25) is 9.59 Å². The normalized spacial score (nSPS) is 11.9. The minimum atomic E-state index is -0.361. The molecule has 0 saturated carbocycles. The van der Waals surface area contributed by atoms with Gasteiger partial charge < -0.3 is 0 Å². The number of nitrogens with zero attached hydrogens (tertiary/aromatic N) is 4. The van der Waals surface area contributed by atoms with Gasteiger partial charge in [-0.05, 0) is 0 Å². The van der Waals surface area contributed by atoms with Gasteiger partial charge in [-0.25, -0.2) is 0 Å². The molecule has 2 heterocycles. The quantitative estimate of drug-likeness (QED) is 0.790. The first-order valence-corrected chi connectivity index (χ1v) is 7.06. The van der Waals surface area contributed by atoms with Crippen LogP contribution in [0.4, 0.5) is 0 Å². The highest BCUT2D eigenvalue weighted by atomic mass is 32.2. The second-order valence-corrected chi connectivity index (χ2v) is 6.89. The standard InChI is InChI=1S/C10H12N4O2S2/c1-10(2,3)6(15)5-17-9-13-14-7(16)4-11-12-8(14)18-9/h4H,5H2,1-3H3. The molecule has 0 radical (unpaired) electrons. The minimum absolute atomic E-state index is 0.144. The fourth-order valence-corrected chi connectivity index (χ4v) is 3.10. The van der Waals surface area contributed by atoms with Gasteiger partial charge in [0.1, 0.15) is 12.0 Å². The number of carbonyl (C=O) groups is 1. The zero-order chi connectivity index (χ0) is 13.3. The van der Waals surface area contributed by atoms with Crippen LogP contribution in [0, 0.1) is 5.41 Å². The summed E-state index contributed by atoms with van der Waals surface area (Å²) in [6, 6.07) is 0. The van der Waals surface area contributed by atoms with Crippen molar-refractivity contribution < 1.29 is 4.79 Å². The van der Waals surface area contributed by atoms with E-state index in [4.69, 9.17) is 0 Å². The van der Waals surface area contributed by atoms with Crippen molar-refractivity contribution in [3.63, 3.8) is 0 Å². The molecule has 0 aliphatic rings. The zero-order valence-corrected chi connectivity index (χ0v) is 11.8. The van der Waals surface area contributed by atoms with Crippen LogP contribution in [0.15, 0.2) is 15.3 Å². The van der Waals surface area contributed by atoms with Gasteiger partial charge in [0, 0.05) is 5.41 Å². The van der Waals surface area contributed by atoms with Gasteiger partial charge in [0.15, 0.2) is 4.34 Å². The lowest BCUT2D eigenvalue weighted by molar-refractivity contribution is -0.123. The highest BCUT2D eigenvalue weighted by molar-refractivity contribution is 8.01. The first-order valence-electron chi connectivity index (χ1n) is 5.25.